The Hall–Kier alpha value is -1.19. The first-order valence-corrected chi connectivity index (χ1v) is 9.21. The van der Waals surface area contributed by atoms with Gasteiger partial charge in [-0.25, -0.2) is 0 Å². The Bertz CT molecular complexity index is 656. The number of thioether (sulfide) groups is 1. The van der Waals surface area contributed by atoms with E-state index in [2.05, 4.69) is 27.6 Å². The Balaban J connectivity index is 0.00000208. The van der Waals surface area contributed by atoms with Crippen molar-refractivity contribution in [1.82, 2.24) is 10.2 Å². The molecule has 1 fully saturated rings. The molecular formula is C15H19ClN4O2S2. The van der Waals surface area contributed by atoms with E-state index in [9.17, 15) is 4.79 Å². The van der Waals surface area contributed by atoms with Gasteiger partial charge in [0, 0.05) is 12.3 Å². The molecule has 2 aromatic rings. The van der Waals surface area contributed by atoms with Crippen molar-refractivity contribution in [1.29, 1.82) is 0 Å². The Kier molecular flexibility index (Phi) is 7.44. The predicted molar refractivity (Wildman–Crippen MR) is 98.7 cm³/mol. The predicted octanol–water partition coefficient (Wildman–Crippen LogP) is 2.70. The van der Waals surface area contributed by atoms with Gasteiger partial charge >= 0.3 is 0 Å². The lowest BCUT2D eigenvalue weighted by molar-refractivity contribution is -0.126. The fourth-order valence-corrected chi connectivity index (χ4v) is 4.01. The lowest BCUT2D eigenvalue weighted by Crippen LogP contribution is -2.29. The SMILES string of the molecule is Cl.NC[C@H]1CC[C@@H](C(=O)Nc2nnc(SCc3ccccc3)s2)O1. The molecule has 3 rings (SSSR count). The van der Waals surface area contributed by atoms with Gasteiger partial charge in [-0.2, -0.15) is 0 Å². The average molecular weight is 387 g/mol. The van der Waals surface area contributed by atoms with Crippen molar-refractivity contribution in [3.05, 3.63) is 35.9 Å². The number of nitrogens with zero attached hydrogens (tertiary/aromatic N) is 2. The van der Waals surface area contributed by atoms with Crippen LogP contribution >= 0.6 is 35.5 Å². The van der Waals surface area contributed by atoms with Gasteiger partial charge in [-0.3, -0.25) is 10.1 Å². The Labute approximate surface area is 155 Å². The Morgan fingerprint density at radius 2 is 2.12 bits per heavy atom. The summed E-state index contributed by atoms with van der Waals surface area (Å²) >= 11 is 2.98. The number of nitrogens with one attached hydrogen (secondary N) is 1. The summed E-state index contributed by atoms with van der Waals surface area (Å²) in [6, 6.07) is 10.2. The molecule has 0 radical (unpaired) electrons. The van der Waals surface area contributed by atoms with Crippen molar-refractivity contribution in [3.63, 3.8) is 0 Å². The van der Waals surface area contributed by atoms with Gasteiger partial charge in [-0.1, -0.05) is 53.4 Å². The zero-order valence-electron chi connectivity index (χ0n) is 12.9. The maximum Gasteiger partial charge on any atom is 0.255 e. The number of anilines is 1. The number of nitrogens with two attached hydrogens (primary N) is 1. The number of benzene rings is 1. The van der Waals surface area contributed by atoms with Crippen LogP contribution in [-0.2, 0) is 15.3 Å². The molecule has 1 aromatic carbocycles. The minimum atomic E-state index is -0.437. The number of rotatable bonds is 6. The van der Waals surface area contributed by atoms with E-state index >= 15 is 0 Å². The van der Waals surface area contributed by atoms with Crippen LogP contribution in [0, 0.1) is 0 Å². The second-order valence-corrected chi connectivity index (χ2v) is 7.40. The molecule has 24 heavy (non-hydrogen) atoms. The van der Waals surface area contributed by atoms with Crippen LogP contribution in [0.1, 0.15) is 18.4 Å². The molecule has 0 spiro atoms. The van der Waals surface area contributed by atoms with Gasteiger partial charge in [0.05, 0.1) is 6.10 Å². The molecule has 1 aromatic heterocycles. The molecule has 0 aliphatic carbocycles. The van der Waals surface area contributed by atoms with Crippen LogP contribution in [0.5, 0.6) is 0 Å². The summed E-state index contributed by atoms with van der Waals surface area (Å²) in [5, 5.41) is 11.4. The topological polar surface area (TPSA) is 90.1 Å². The standard InChI is InChI=1S/C15H18N4O2S2.ClH/c16-8-11-6-7-12(21-11)13(20)17-14-18-19-15(23-14)22-9-10-4-2-1-3-5-10;/h1-5,11-12H,6-9,16H2,(H,17,18,20);1H/t11-,12+;/m1./s1. The van der Waals surface area contributed by atoms with Crippen molar-refractivity contribution < 1.29 is 9.53 Å². The Morgan fingerprint density at radius 3 is 2.83 bits per heavy atom. The van der Waals surface area contributed by atoms with Gasteiger partial charge in [-0.15, -0.1) is 22.6 Å². The lowest BCUT2D eigenvalue weighted by atomic mass is 10.2. The molecule has 9 heteroatoms. The number of carbonyl (C=O) groups excluding carboxylic acids is 1. The summed E-state index contributed by atoms with van der Waals surface area (Å²) in [7, 11) is 0. The molecule has 3 N–H and O–H groups in total. The molecule has 2 atom stereocenters. The van der Waals surface area contributed by atoms with Crippen molar-refractivity contribution in [3.8, 4) is 0 Å². The normalized spacial score (nSPS) is 19.7. The van der Waals surface area contributed by atoms with Gasteiger partial charge in [0.2, 0.25) is 5.13 Å². The van der Waals surface area contributed by atoms with Crippen LogP contribution in [0.15, 0.2) is 34.7 Å². The number of carbonyl (C=O) groups is 1. The van der Waals surface area contributed by atoms with Crippen molar-refractivity contribution in [2.45, 2.75) is 35.1 Å². The third-order valence-corrected chi connectivity index (χ3v) is 5.55. The lowest BCUT2D eigenvalue weighted by Gasteiger charge is -2.10. The van der Waals surface area contributed by atoms with Crippen LogP contribution < -0.4 is 11.1 Å². The summed E-state index contributed by atoms with van der Waals surface area (Å²) in [6.07, 6.45) is 1.07. The summed E-state index contributed by atoms with van der Waals surface area (Å²) in [4.78, 5) is 12.1. The highest BCUT2D eigenvalue weighted by Crippen LogP contribution is 2.29. The molecule has 1 amide bonds. The number of hydrogen-bond donors (Lipinski definition) is 2. The Morgan fingerprint density at radius 1 is 1.33 bits per heavy atom. The summed E-state index contributed by atoms with van der Waals surface area (Å²) in [5.41, 5.74) is 6.78. The number of hydrogen-bond acceptors (Lipinski definition) is 7. The molecule has 130 valence electrons. The second kappa shape index (κ2) is 9.33. The number of aromatic nitrogens is 2. The van der Waals surface area contributed by atoms with E-state index in [0.29, 0.717) is 18.1 Å². The highest BCUT2D eigenvalue weighted by molar-refractivity contribution is 8.00. The average Bonchev–Trinajstić information content (AvgIpc) is 3.23. The molecule has 1 aliphatic rings. The van der Waals surface area contributed by atoms with Gasteiger partial charge in [0.15, 0.2) is 4.34 Å². The third-order valence-electron chi connectivity index (χ3n) is 3.50. The molecule has 6 nitrogen and oxygen atoms in total. The first-order chi connectivity index (χ1) is 11.2. The first kappa shape index (κ1) is 19.1. The molecule has 1 saturated heterocycles. The summed E-state index contributed by atoms with van der Waals surface area (Å²) in [6.45, 7) is 0.447. The number of ether oxygens (including phenoxy) is 1. The van der Waals surface area contributed by atoms with Crippen LogP contribution in [0.25, 0.3) is 0 Å². The van der Waals surface area contributed by atoms with Crippen LogP contribution in [0.3, 0.4) is 0 Å². The second-order valence-electron chi connectivity index (χ2n) is 5.20. The van der Waals surface area contributed by atoms with E-state index in [1.54, 1.807) is 11.8 Å². The fourth-order valence-electron chi connectivity index (χ4n) is 2.30. The molecule has 0 saturated carbocycles. The molecule has 1 aliphatic heterocycles. The monoisotopic (exact) mass is 386 g/mol. The largest absolute Gasteiger partial charge is 0.364 e. The van der Waals surface area contributed by atoms with Crippen LogP contribution in [-0.4, -0.2) is 34.9 Å². The minimum Gasteiger partial charge on any atom is -0.364 e. The van der Waals surface area contributed by atoms with Crippen molar-refractivity contribution >= 4 is 46.5 Å². The fraction of sp³-hybridized carbons (Fsp3) is 0.400. The maximum absolute atomic E-state index is 12.1. The van der Waals surface area contributed by atoms with Gasteiger partial charge < -0.3 is 10.5 Å². The van der Waals surface area contributed by atoms with Gasteiger partial charge in [0.1, 0.15) is 6.10 Å². The van der Waals surface area contributed by atoms with Crippen LogP contribution in [0.4, 0.5) is 5.13 Å². The highest BCUT2D eigenvalue weighted by Gasteiger charge is 2.30. The zero-order valence-corrected chi connectivity index (χ0v) is 15.3. The van der Waals surface area contributed by atoms with Crippen LogP contribution in [0.2, 0.25) is 0 Å². The molecule has 2 heterocycles. The van der Waals surface area contributed by atoms with E-state index in [4.69, 9.17) is 10.5 Å². The minimum absolute atomic E-state index is 0. The summed E-state index contributed by atoms with van der Waals surface area (Å²) < 4.78 is 6.40. The van der Waals surface area contributed by atoms with E-state index < -0.39 is 6.10 Å². The smallest absolute Gasteiger partial charge is 0.255 e. The van der Waals surface area contributed by atoms with Gasteiger partial charge in [0.25, 0.3) is 5.91 Å². The van der Waals surface area contributed by atoms with E-state index in [1.807, 2.05) is 18.2 Å². The van der Waals surface area contributed by atoms with E-state index in [-0.39, 0.29) is 24.4 Å². The maximum atomic E-state index is 12.1. The molecular weight excluding hydrogens is 368 g/mol. The van der Waals surface area contributed by atoms with Crippen molar-refractivity contribution in [2.75, 3.05) is 11.9 Å². The van der Waals surface area contributed by atoms with Crippen molar-refractivity contribution in [2.24, 2.45) is 5.73 Å². The number of halogens is 1. The zero-order chi connectivity index (χ0) is 16.1. The van der Waals surface area contributed by atoms with E-state index in [1.165, 1.54) is 16.9 Å². The molecule has 0 unspecified atom stereocenters. The third kappa shape index (κ3) is 5.15. The quantitative estimate of drug-likeness (QED) is 0.586. The molecule has 0 bridgehead atoms. The first-order valence-electron chi connectivity index (χ1n) is 7.41. The van der Waals surface area contributed by atoms with Gasteiger partial charge in [-0.05, 0) is 18.4 Å². The van der Waals surface area contributed by atoms with E-state index in [0.717, 1.165) is 16.5 Å². The highest BCUT2D eigenvalue weighted by atomic mass is 35.5. The number of amides is 1. The summed E-state index contributed by atoms with van der Waals surface area (Å²) in [5.74, 6) is 0.657.